The number of carbonyl (C=O) groups excluding carboxylic acids is 2. The van der Waals surface area contributed by atoms with Crippen LogP contribution >= 0.6 is 0 Å². The van der Waals surface area contributed by atoms with Gasteiger partial charge in [0, 0.05) is 12.6 Å². The van der Waals surface area contributed by atoms with Crippen molar-refractivity contribution in [2.24, 2.45) is 10.2 Å². The summed E-state index contributed by atoms with van der Waals surface area (Å²) < 4.78 is 9.45. The maximum atomic E-state index is 11.3. The van der Waals surface area contributed by atoms with E-state index in [2.05, 4.69) is 25.3 Å². The lowest BCUT2D eigenvalue weighted by molar-refractivity contribution is -0.114. The maximum Gasteiger partial charge on any atom is 0.513 e. The summed E-state index contributed by atoms with van der Waals surface area (Å²) in [7, 11) is 1.21. The minimum absolute atomic E-state index is 0.203. The van der Waals surface area contributed by atoms with Crippen molar-refractivity contribution in [1.82, 2.24) is 4.98 Å². The first-order chi connectivity index (χ1) is 11.5. The number of carbonyl (C=O) groups is 2. The van der Waals surface area contributed by atoms with Gasteiger partial charge in [0.25, 0.3) is 0 Å². The summed E-state index contributed by atoms with van der Waals surface area (Å²) in [6.07, 6.45) is -0.853. The van der Waals surface area contributed by atoms with E-state index in [0.717, 1.165) is 5.69 Å². The number of nitrogens with one attached hydrogen (secondary N) is 1. The fourth-order valence-electron chi connectivity index (χ4n) is 1.75. The molecule has 0 aliphatic rings. The highest BCUT2D eigenvalue weighted by atomic mass is 16.7. The Hall–Kier alpha value is -3.29. The Balaban J connectivity index is 2.31. The number of hydrogen-bond donors (Lipinski definition) is 1. The molecule has 1 aromatic heterocycles. The van der Waals surface area contributed by atoms with Crippen LogP contribution in [0, 0.1) is 6.92 Å². The van der Waals surface area contributed by atoms with Gasteiger partial charge in [0.15, 0.2) is 11.6 Å². The number of aryl methyl sites for hydroxylation is 1. The van der Waals surface area contributed by atoms with Crippen LogP contribution in [0.15, 0.2) is 46.6 Å². The molecule has 0 saturated heterocycles. The van der Waals surface area contributed by atoms with Gasteiger partial charge >= 0.3 is 6.16 Å². The third-order valence-electron chi connectivity index (χ3n) is 2.80. The van der Waals surface area contributed by atoms with Gasteiger partial charge in [-0.15, -0.1) is 10.2 Å². The third kappa shape index (κ3) is 4.60. The molecule has 8 heteroatoms. The second-order valence-corrected chi connectivity index (χ2v) is 4.73. The lowest BCUT2D eigenvalue weighted by Crippen LogP contribution is -2.08. The van der Waals surface area contributed by atoms with Crippen LogP contribution in [0.3, 0.4) is 0 Å². The lowest BCUT2D eigenvalue weighted by atomic mass is 10.3. The summed E-state index contributed by atoms with van der Waals surface area (Å²) in [5.41, 5.74) is 1.44. The van der Waals surface area contributed by atoms with Crippen LogP contribution in [-0.4, -0.2) is 24.2 Å². The number of methoxy groups -OCH3 is 1. The van der Waals surface area contributed by atoms with Crippen LogP contribution in [0.4, 0.5) is 22.0 Å². The molecule has 1 heterocycles. The van der Waals surface area contributed by atoms with Crippen LogP contribution in [0.1, 0.15) is 12.6 Å². The van der Waals surface area contributed by atoms with Crippen molar-refractivity contribution in [2.75, 3.05) is 12.4 Å². The molecular weight excluding hydrogens is 312 g/mol. The highest BCUT2D eigenvalue weighted by molar-refractivity contribution is 5.90. The van der Waals surface area contributed by atoms with Gasteiger partial charge in [0.1, 0.15) is 11.4 Å². The van der Waals surface area contributed by atoms with E-state index < -0.39 is 6.16 Å². The summed E-state index contributed by atoms with van der Waals surface area (Å²) in [6, 6.07) is 10.0. The number of anilines is 1. The van der Waals surface area contributed by atoms with Crippen molar-refractivity contribution in [3.8, 4) is 5.75 Å². The van der Waals surface area contributed by atoms with E-state index in [1.807, 2.05) is 0 Å². The number of pyridine rings is 1. The van der Waals surface area contributed by atoms with Crippen LogP contribution in [0.2, 0.25) is 0 Å². The molecule has 0 radical (unpaired) electrons. The first kappa shape index (κ1) is 17.1. The normalized spacial score (nSPS) is 10.5. The highest BCUT2D eigenvalue weighted by Gasteiger charge is 2.09. The Morgan fingerprint density at radius 3 is 2.50 bits per heavy atom. The second kappa shape index (κ2) is 7.82. The fraction of sp³-hybridized carbons (Fsp3) is 0.188. The predicted molar refractivity (Wildman–Crippen MR) is 86.9 cm³/mol. The molecule has 2 aromatic rings. The lowest BCUT2D eigenvalue weighted by Gasteiger charge is -2.06. The number of para-hydroxylation sites is 1. The van der Waals surface area contributed by atoms with Gasteiger partial charge < -0.3 is 14.8 Å². The molecule has 2 rings (SSSR count). The Bertz CT molecular complexity index is 789. The van der Waals surface area contributed by atoms with Gasteiger partial charge in [-0.3, -0.25) is 4.79 Å². The topological polar surface area (TPSA) is 102 Å². The van der Waals surface area contributed by atoms with E-state index in [1.54, 1.807) is 43.3 Å². The molecule has 0 aliphatic heterocycles. The van der Waals surface area contributed by atoms with Gasteiger partial charge in [-0.05, 0) is 31.2 Å². The quantitative estimate of drug-likeness (QED) is 0.521. The molecule has 1 aromatic carbocycles. The van der Waals surface area contributed by atoms with Crippen LogP contribution in [0.5, 0.6) is 5.75 Å². The van der Waals surface area contributed by atoms with Gasteiger partial charge in [-0.25, -0.2) is 9.78 Å². The van der Waals surface area contributed by atoms with Gasteiger partial charge in [0.05, 0.1) is 7.11 Å². The third-order valence-corrected chi connectivity index (χ3v) is 2.80. The average Bonchev–Trinajstić information content (AvgIpc) is 2.54. The predicted octanol–water partition coefficient (Wildman–Crippen LogP) is 3.91. The van der Waals surface area contributed by atoms with Gasteiger partial charge in [-0.1, -0.05) is 12.1 Å². The minimum Gasteiger partial charge on any atom is -0.437 e. The van der Waals surface area contributed by atoms with Crippen molar-refractivity contribution < 1.29 is 19.1 Å². The van der Waals surface area contributed by atoms with Crippen molar-refractivity contribution in [2.45, 2.75) is 13.8 Å². The Kier molecular flexibility index (Phi) is 5.56. The van der Waals surface area contributed by atoms with E-state index in [-0.39, 0.29) is 11.7 Å². The second-order valence-electron chi connectivity index (χ2n) is 4.73. The number of benzene rings is 1. The van der Waals surface area contributed by atoms with E-state index >= 15 is 0 Å². The first-order valence-corrected chi connectivity index (χ1v) is 7.01. The summed E-state index contributed by atoms with van der Waals surface area (Å²) >= 11 is 0. The number of azo groups is 1. The number of aromatic nitrogens is 1. The molecule has 0 unspecified atom stereocenters. The molecular formula is C16H16N4O4. The van der Waals surface area contributed by atoms with E-state index in [4.69, 9.17) is 4.74 Å². The molecule has 0 saturated carbocycles. The van der Waals surface area contributed by atoms with Gasteiger partial charge in [-0.2, -0.15) is 0 Å². The Labute approximate surface area is 138 Å². The summed E-state index contributed by atoms with van der Waals surface area (Å²) in [5, 5.41) is 10.7. The van der Waals surface area contributed by atoms with E-state index in [0.29, 0.717) is 17.2 Å². The summed E-state index contributed by atoms with van der Waals surface area (Å²) in [6.45, 7) is 3.18. The van der Waals surface area contributed by atoms with Crippen LogP contribution in [0.25, 0.3) is 0 Å². The zero-order valence-electron chi connectivity index (χ0n) is 13.4. The highest BCUT2D eigenvalue weighted by Crippen LogP contribution is 2.31. The SMILES string of the molecule is COC(=O)Oc1ccccc1/N=N/c1ccc(C)nc1NC(C)=O. The molecule has 124 valence electrons. The zero-order chi connectivity index (χ0) is 17.5. The van der Waals surface area contributed by atoms with Crippen molar-refractivity contribution in [3.05, 3.63) is 42.1 Å². The molecule has 0 spiro atoms. The number of hydrogen-bond acceptors (Lipinski definition) is 7. The molecule has 24 heavy (non-hydrogen) atoms. The maximum absolute atomic E-state index is 11.3. The smallest absolute Gasteiger partial charge is 0.437 e. The molecule has 1 N–H and O–H groups in total. The van der Waals surface area contributed by atoms with E-state index in [9.17, 15) is 9.59 Å². The number of ether oxygens (including phenoxy) is 2. The Morgan fingerprint density at radius 1 is 1.08 bits per heavy atom. The number of amides is 1. The first-order valence-electron chi connectivity index (χ1n) is 7.01. The summed E-state index contributed by atoms with van der Waals surface area (Å²) in [5.74, 6) is 0.242. The monoisotopic (exact) mass is 328 g/mol. The van der Waals surface area contributed by atoms with E-state index in [1.165, 1.54) is 14.0 Å². The number of nitrogens with zero attached hydrogens (tertiary/aromatic N) is 3. The molecule has 8 nitrogen and oxygen atoms in total. The number of rotatable bonds is 4. The largest absolute Gasteiger partial charge is 0.513 e. The minimum atomic E-state index is -0.853. The van der Waals surface area contributed by atoms with Crippen molar-refractivity contribution >= 4 is 29.3 Å². The van der Waals surface area contributed by atoms with Crippen LogP contribution in [-0.2, 0) is 9.53 Å². The molecule has 0 fully saturated rings. The van der Waals surface area contributed by atoms with Crippen molar-refractivity contribution in [1.29, 1.82) is 0 Å². The molecule has 1 amide bonds. The molecule has 0 atom stereocenters. The standard InChI is InChI=1S/C16H16N4O4/c1-10-8-9-13(15(17-10)18-11(2)21)20-19-12-6-4-5-7-14(12)24-16(22)23-3/h4-9H,1-3H3,(H,17,18,21)/b20-19+. The molecule has 0 bridgehead atoms. The van der Waals surface area contributed by atoms with Crippen molar-refractivity contribution in [3.63, 3.8) is 0 Å². The fourth-order valence-corrected chi connectivity index (χ4v) is 1.75. The van der Waals surface area contributed by atoms with Crippen LogP contribution < -0.4 is 10.1 Å². The van der Waals surface area contributed by atoms with Gasteiger partial charge in [0.2, 0.25) is 5.91 Å². The average molecular weight is 328 g/mol. The zero-order valence-corrected chi connectivity index (χ0v) is 13.4. The molecule has 0 aliphatic carbocycles. The Morgan fingerprint density at radius 2 is 1.79 bits per heavy atom. The summed E-state index contributed by atoms with van der Waals surface area (Å²) in [4.78, 5) is 26.7.